The predicted molar refractivity (Wildman–Crippen MR) is 61.5 cm³/mol. The Bertz CT molecular complexity index is 406. The highest BCUT2D eigenvalue weighted by Gasteiger charge is 1.98. The molecule has 0 saturated carbocycles. The summed E-state index contributed by atoms with van der Waals surface area (Å²) in [5.41, 5.74) is 3.40. The van der Waals surface area contributed by atoms with Crippen LogP contribution in [0.25, 0.3) is 11.1 Å². The van der Waals surface area contributed by atoms with Crippen molar-refractivity contribution >= 4 is 0 Å². The first-order valence-electron chi connectivity index (χ1n) is 5.25. The second kappa shape index (κ2) is 4.69. The van der Waals surface area contributed by atoms with Crippen LogP contribution >= 0.6 is 0 Å². The van der Waals surface area contributed by atoms with Crippen molar-refractivity contribution in [1.82, 2.24) is 9.97 Å². The second-order valence-electron chi connectivity index (χ2n) is 3.53. The number of aromatic nitrogens is 2. The molecular formula is C13H14N2. The van der Waals surface area contributed by atoms with Gasteiger partial charge in [-0.15, -0.1) is 0 Å². The van der Waals surface area contributed by atoms with Crippen molar-refractivity contribution in [1.29, 1.82) is 0 Å². The third-order valence-corrected chi connectivity index (χ3v) is 2.33. The largest absolute Gasteiger partial charge is 0.264 e. The lowest BCUT2D eigenvalue weighted by molar-refractivity contribution is 0.883. The fraction of sp³-hybridized carbons (Fsp3) is 0.231. The lowest BCUT2D eigenvalue weighted by atomic mass is 10.1. The lowest BCUT2D eigenvalue weighted by Crippen LogP contribution is -1.88. The van der Waals surface area contributed by atoms with Crippen molar-refractivity contribution in [2.45, 2.75) is 19.8 Å². The van der Waals surface area contributed by atoms with Crippen molar-refractivity contribution in [3.63, 3.8) is 0 Å². The van der Waals surface area contributed by atoms with E-state index in [0.717, 1.165) is 29.7 Å². The third kappa shape index (κ3) is 2.40. The molecule has 0 saturated heterocycles. The fourth-order valence-corrected chi connectivity index (χ4v) is 1.53. The van der Waals surface area contributed by atoms with Gasteiger partial charge in [0.25, 0.3) is 0 Å². The monoisotopic (exact) mass is 198 g/mol. The maximum Gasteiger partial charge on any atom is 0.0403 e. The molecule has 2 aromatic heterocycles. The minimum Gasteiger partial charge on any atom is -0.264 e. The van der Waals surface area contributed by atoms with Crippen LogP contribution in [-0.2, 0) is 6.42 Å². The minimum atomic E-state index is 1.05. The van der Waals surface area contributed by atoms with Crippen molar-refractivity contribution in [2.75, 3.05) is 0 Å². The molecule has 15 heavy (non-hydrogen) atoms. The molecule has 0 aliphatic carbocycles. The van der Waals surface area contributed by atoms with E-state index >= 15 is 0 Å². The quantitative estimate of drug-likeness (QED) is 0.757. The SMILES string of the molecule is CCCc1ccc(-c2cccnc2)cn1. The van der Waals surface area contributed by atoms with Crippen LogP contribution in [0.4, 0.5) is 0 Å². The van der Waals surface area contributed by atoms with E-state index in [4.69, 9.17) is 0 Å². The number of pyridine rings is 2. The van der Waals surface area contributed by atoms with Crippen LogP contribution in [-0.4, -0.2) is 9.97 Å². The van der Waals surface area contributed by atoms with E-state index in [1.165, 1.54) is 0 Å². The summed E-state index contributed by atoms with van der Waals surface area (Å²) < 4.78 is 0. The van der Waals surface area contributed by atoms with Gasteiger partial charge in [-0.1, -0.05) is 25.5 Å². The molecule has 0 spiro atoms. The highest BCUT2D eigenvalue weighted by molar-refractivity contribution is 5.60. The normalized spacial score (nSPS) is 10.2. The van der Waals surface area contributed by atoms with Gasteiger partial charge in [-0.25, -0.2) is 0 Å². The van der Waals surface area contributed by atoms with E-state index in [9.17, 15) is 0 Å². The summed E-state index contributed by atoms with van der Waals surface area (Å²) in [5, 5.41) is 0. The van der Waals surface area contributed by atoms with E-state index in [1.807, 2.05) is 24.5 Å². The molecule has 0 aromatic carbocycles. The molecule has 0 atom stereocenters. The van der Waals surface area contributed by atoms with Gasteiger partial charge in [0.1, 0.15) is 0 Å². The molecule has 0 aliphatic heterocycles. The molecule has 0 unspecified atom stereocenters. The molecule has 76 valence electrons. The Labute approximate surface area is 90.0 Å². The predicted octanol–water partition coefficient (Wildman–Crippen LogP) is 3.10. The molecular weight excluding hydrogens is 184 g/mol. The first kappa shape index (κ1) is 9.84. The molecule has 0 N–H and O–H groups in total. The zero-order chi connectivity index (χ0) is 10.5. The minimum absolute atomic E-state index is 1.05. The summed E-state index contributed by atoms with van der Waals surface area (Å²) in [6.45, 7) is 2.16. The van der Waals surface area contributed by atoms with E-state index < -0.39 is 0 Å². The molecule has 0 amide bonds. The Morgan fingerprint density at radius 1 is 1.07 bits per heavy atom. The van der Waals surface area contributed by atoms with Gasteiger partial charge in [0.15, 0.2) is 0 Å². The number of aryl methyl sites for hydroxylation is 1. The van der Waals surface area contributed by atoms with Crippen LogP contribution in [0.15, 0.2) is 42.9 Å². The first-order valence-corrected chi connectivity index (χ1v) is 5.25. The van der Waals surface area contributed by atoms with Gasteiger partial charge in [-0.05, 0) is 18.6 Å². The van der Waals surface area contributed by atoms with Crippen LogP contribution in [0.2, 0.25) is 0 Å². The van der Waals surface area contributed by atoms with Gasteiger partial charge in [-0.2, -0.15) is 0 Å². The zero-order valence-corrected chi connectivity index (χ0v) is 8.85. The molecule has 0 aliphatic rings. The summed E-state index contributed by atoms with van der Waals surface area (Å²) >= 11 is 0. The van der Waals surface area contributed by atoms with Crippen LogP contribution in [0.5, 0.6) is 0 Å². The highest BCUT2D eigenvalue weighted by atomic mass is 14.7. The molecule has 0 bridgehead atoms. The van der Waals surface area contributed by atoms with Crippen LogP contribution < -0.4 is 0 Å². The molecule has 2 rings (SSSR count). The number of hydrogen-bond acceptors (Lipinski definition) is 2. The van der Waals surface area contributed by atoms with Crippen LogP contribution in [0.3, 0.4) is 0 Å². The van der Waals surface area contributed by atoms with E-state index in [-0.39, 0.29) is 0 Å². The van der Waals surface area contributed by atoms with E-state index in [2.05, 4.69) is 29.0 Å². The summed E-state index contributed by atoms with van der Waals surface area (Å²) in [6.07, 6.45) is 7.74. The Hall–Kier alpha value is -1.70. The Morgan fingerprint density at radius 2 is 1.93 bits per heavy atom. The summed E-state index contributed by atoms with van der Waals surface area (Å²) in [4.78, 5) is 8.51. The van der Waals surface area contributed by atoms with Crippen molar-refractivity contribution in [3.8, 4) is 11.1 Å². The fourth-order valence-electron chi connectivity index (χ4n) is 1.53. The molecule has 2 aromatic rings. The lowest BCUT2D eigenvalue weighted by Gasteiger charge is -2.01. The summed E-state index contributed by atoms with van der Waals surface area (Å²) in [5.74, 6) is 0. The molecule has 0 radical (unpaired) electrons. The number of nitrogens with zero attached hydrogens (tertiary/aromatic N) is 2. The second-order valence-corrected chi connectivity index (χ2v) is 3.53. The van der Waals surface area contributed by atoms with Gasteiger partial charge in [0, 0.05) is 35.4 Å². The topological polar surface area (TPSA) is 25.8 Å². The maximum atomic E-state index is 4.42. The van der Waals surface area contributed by atoms with E-state index in [0.29, 0.717) is 0 Å². The highest BCUT2D eigenvalue weighted by Crippen LogP contribution is 2.16. The summed E-state index contributed by atoms with van der Waals surface area (Å²) in [6, 6.07) is 8.18. The molecule has 2 nitrogen and oxygen atoms in total. The third-order valence-electron chi connectivity index (χ3n) is 2.33. The Morgan fingerprint density at radius 3 is 2.53 bits per heavy atom. The van der Waals surface area contributed by atoms with Gasteiger partial charge in [-0.3, -0.25) is 9.97 Å². The Kier molecular flexibility index (Phi) is 3.08. The number of rotatable bonds is 3. The summed E-state index contributed by atoms with van der Waals surface area (Å²) in [7, 11) is 0. The average Bonchev–Trinajstić information content (AvgIpc) is 2.32. The van der Waals surface area contributed by atoms with Crippen molar-refractivity contribution in [2.24, 2.45) is 0 Å². The average molecular weight is 198 g/mol. The molecule has 2 heterocycles. The number of hydrogen-bond donors (Lipinski definition) is 0. The van der Waals surface area contributed by atoms with Gasteiger partial charge >= 0.3 is 0 Å². The van der Waals surface area contributed by atoms with Crippen LogP contribution in [0.1, 0.15) is 19.0 Å². The van der Waals surface area contributed by atoms with Gasteiger partial charge in [0.2, 0.25) is 0 Å². The smallest absolute Gasteiger partial charge is 0.0403 e. The zero-order valence-electron chi connectivity index (χ0n) is 8.85. The van der Waals surface area contributed by atoms with Gasteiger partial charge in [0.05, 0.1) is 0 Å². The van der Waals surface area contributed by atoms with Crippen molar-refractivity contribution < 1.29 is 0 Å². The maximum absolute atomic E-state index is 4.42. The molecule has 0 fully saturated rings. The van der Waals surface area contributed by atoms with E-state index in [1.54, 1.807) is 6.20 Å². The Balaban J connectivity index is 2.24. The standard InChI is InChI=1S/C13H14N2/c1-2-4-13-7-6-12(10-15-13)11-5-3-8-14-9-11/h3,5-10H,2,4H2,1H3. The van der Waals surface area contributed by atoms with Crippen molar-refractivity contribution in [3.05, 3.63) is 48.5 Å². The van der Waals surface area contributed by atoms with Crippen LogP contribution in [0, 0.1) is 0 Å². The first-order chi connectivity index (χ1) is 7.40. The van der Waals surface area contributed by atoms with Gasteiger partial charge < -0.3 is 0 Å². The molecule has 2 heteroatoms.